The van der Waals surface area contributed by atoms with Crippen LogP contribution in [0.3, 0.4) is 0 Å². The highest BCUT2D eigenvalue weighted by molar-refractivity contribution is 5.29. The van der Waals surface area contributed by atoms with Gasteiger partial charge in [-0.05, 0) is 55.7 Å². The standard InChI is InChI=1S/C14H22N2/c1-3-12-4-7-14(15,8-5-12)13-10-16-9-6-11(13)2/h6,9-10,12H,3-5,7-8,15H2,1-2H3. The van der Waals surface area contributed by atoms with E-state index < -0.39 is 0 Å². The molecular formula is C14H22N2. The lowest BCUT2D eigenvalue weighted by molar-refractivity contribution is 0.230. The highest BCUT2D eigenvalue weighted by Crippen LogP contribution is 2.39. The summed E-state index contributed by atoms with van der Waals surface area (Å²) in [6.07, 6.45) is 9.85. The van der Waals surface area contributed by atoms with Crippen LogP contribution in [-0.2, 0) is 5.54 Å². The molecule has 1 fully saturated rings. The number of rotatable bonds is 2. The van der Waals surface area contributed by atoms with Gasteiger partial charge in [-0.2, -0.15) is 0 Å². The van der Waals surface area contributed by atoms with Crippen molar-refractivity contribution >= 4 is 0 Å². The first-order chi connectivity index (χ1) is 7.65. The van der Waals surface area contributed by atoms with Gasteiger partial charge in [-0.15, -0.1) is 0 Å². The Morgan fingerprint density at radius 1 is 1.44 bits per heavy atom. The maximum atomic E-state index is 6.56. The molecule has 0 amide bonds. The summed E-state index contributed by atoms with van der Waals surface area (Å²) in [5.41, 5.74) is 8.98. The lowest BCUT2D eigenvalue weighted by atomic mass is 9.72. The van der Waals surface area contributed by atoms with Crippen molar-refractivity contribution < 1.29 is 0 Å². The van der Waals surface area contributed by atoms with Gasteiger partial charge in [0.05, 0.1) is 0 Å². The van der Waals surface area contributed by atoms with Crippen molar-refractivity contribution in [1.29, 1.82) is 0 Å². The van der Waals surface area contributed by atoms with Crippen LogP contribution in [0, 0.1) is 12.8 Å². The van der Waals surface area contributed by atoms with Crippen molar-refractivity contribution in [2.24, 2.45) is 11.7 Å². The summed E-state index contributed by atoms with van der Waals surface area (Å²) in [6, 6.07) is 2.07. The maximum Gasteiger partial charge on any atom is 0.0427 e. The Morgan fingerprint density at radius 2 is 2.12 bits per heavy atom. The predicted molar refractivity (Wildman–Crippen MR) is 67.1 cm³/mol. The number of aryl methyl sites for hydroxylation is 1. The van der Waals surface area contributed by atoms with Gasteiger partial charge in [-0.1, -0.05) is 13.3 Å². The normalized spacial score (nSPS) is 30.3. The minimum absolute atomic E-state index is 0.121. The summed E-state index contributed by atoms with van der Waals surface area (Å²) in [5, 5.41) is 0. The molecule has 0 atom stereocenters. The Morgan fingerprint density at radius 3 is 2.69 bits per heavy atom. The largest absolute Gasteiger partial charge is 0.321 e. The number of nitrogens with zero attached hydrogens (tertiary/aromatic N) is 1. The fourth-order valence-electron chi connectivity index (χ4n) is 2.86. The SMILES string of the molecule is CCC1CCC(N)(c2cnccc2C)CC1. The highest BCUT2D eigenvalue weighted by Gasteiger charge is 2.33. The molecule has 2 nitrogen and oxygen atoms in total. The van der Waals surface area contributed by atoms with E-state index in [2.05, 4.69) is 24.9 Å². The van der Waals surface area contributed by atoms with Gasteiger partial charge in [0, 0.05) is 17.9 Å². The van der Waals surface area contributed by atoms with E-state index in [1.807, 2.05) is 12.4 Å². The molecule has 16 heavy (non-hydrogen) atoms. The second-order valence-corrected chi connectivity index (χ2v) is 5.20. The second-order valence-electron chi connectivity index (χ2n) is 5.20. The predicted octanol–water partition coefficient (Wildman–Crippen LogP) is 3.14. The Labute approximate surface area is 98.3 Å². The summed E-state index contributed by atoms with van der Waals surface area (Å²) in [6.45, 7) is 4.42. The summed E-state index contributed by atoms with van der Waals surface area (Å²) in [5.74, 6) is 0.883. The zero-order valence-electron chi connectivity index (χ0n) is 10.4. The van der Waals surface area contributed by atoms with Crippen LogP contribution in [0.15, 0.2) is 18.5 Å². The molecule has 1 aliphatic carbocycles. The van der Waals surface area contributed by atoms with Crippen LogP contribution in [0.4, 0.5) is 0 Å². The van der Waals surface area contributed by atoms with Crippen molar-refractivity contribution in [2.75, 3.05) is 0 Å². The molecular weight excluding hydrogens is 196 g/mol. The number of aromatic nitrogens is 1. The molecule has 1 aromatic heterocycles. The first kappa shape index (κ1) is 11.6. The third kappa shape index (κ3) is 2.12. The lowest BCUT2D eigenvalue weighted by Gasteiger charge is -2.38. The van der Waals surface area contributed by atoms with E-state index in [-0.39, 0.29) is 5.54 Å². The third-order valence-corrected chi connectivity index (χ3v) is 4.15. The molecule has 0 unspecified atom stereocenters. The molecule has 0 radical (unpaired) electrons. The van der Waals surface area contributed by atoms with Crippen LogP contribution in [0.1, 0.15) is 50.2 Å². The minimum Gasteiger partial charge on any atom is -0.321 e. The summed E-state index contributed by atoms with van der Waals surface area (Å²) in [7, 11) is 0. The molecule has 0 aliphatic heterocycles. The van der Waals surface area contributed by atoms with Crippen molar-refractivity contribution in [3.63, 3.8) is 0 Å². The van der Waals surface area contributed by atoms with Crippen molar-refractivity contribution in [3.05, 3.63) is 29.6 Å². The average molecular weight is 218 g/mol. The van der Waals surface area contributed by atoms with E-state index >= 15 is 0 Å². The van der Waals surface area contributed by atoms with Crippen LogP contribution in [0.2, 0.25) is 0 Å². The van der Waals surface area contributed by atoms with Gasteiger partial charge in [0.1, 0.15) is 0 Å². The van der Waals surface area contributed by atoms with Crippen LogP contribution >= 0.6 is 0 Å². The molecule has 2 heteroatoms. The Hall–Kier alpha value is -0.890. The van der Waals surface area contributed by atoms with Gasteiger partial charge in [0.25, 0.3) is 0 Å². The molecule has 1 aromatic rings. The van der Waals surface area contributed by atoms with E-state index in [4.69, 9.17) is 5.73 Å². The van der Waals surface area contributed by atoms with E-state index in [0.29, 0.717) is 0 Å². The van der Waals surface area contributed by atoms with Gasteiger partial charge >= 0.3 is 0 Å². The van der Waals surface area contributed by atoms with Crippen LogP contribution in [0.25, 0.3) is 0 Å². The van der Waals surface area contributed by atoms with Crippen LogP contribution in [-0.4, -0.2) is 4.98 Å². The number of nitrogens with two attached hydrogens (primary N) is 1. The third-order valence-electron chi connectivity index (χ3n) is 4.15. The lowest BCUT2D eigenvalue weighted by Crippen LogP contribution is -2.41. The van der Waals surface area contributed by atoms with E-state index in [9.17, 15) is 0 Å². The topological polar surface area (TPSA) is 38.9 Å². The molecule has 88 valence electrons. The van der Waals surface area contributed by atoms with Crippen molar-refractivity contribution in [1.82, 2.24) is 4.98 Å². The summed E-state index contributed by atoms with van der Waals surface area (Å²) >= 11 is 0. The second kappa shape index (κ2) is 4.54. The molecule has 2 rings (SSSR count). The molecule has 0 saturated heterocycles. The van der Waals surface area contributed by atoms with Crippen molar-refractivity contribution in [3.8, 4) is 0 Å². The molecule has 0 bridgehead atoms. The maximum absolute atomic E-state index is 6.56. The van der Waals surface area contributed by atoms with Crippen LogP contribution < -0.4 is 5.73 Å². The first-order valence-electron chi connectivity index (χ1n) is 6.35. The smallest absolute Gasteiger partial charge is 0.0427 e. The van der Waals surface area contributed by atoms with Gasteiger partial charge in [-0.3, -0.25) is 4.98 Å². The first-order valence-corrected chi connectivity index (χ1v) is 6.35. The minimum atomic E-state index is -0.121. The Kier molecular flexibility index (Phi) is 3.29. The van der Waals surface area contributed by atoms with Crippen LogP contribution in [0.5, 0.6) is 0 Å². The Balaban J connectivity index is 2.18. The zero-order chi connectivity index (χ0) is 11.6. The van der Waals surface area contributed by atoms with Gasteiger partial charge in [-0.25, -0.2) is 0 Å². The number of pyridine rings is 1. The zero-order valence-corrected chi connectivity index (χ0v) is 10.4. The fourth-order valence-corrected chi connectivity index (χ4v) is 2.86. The van der Waals surface area contributed by atoms with Gasteiger partial charge in [0.15, 0.2) is 0 Å². The summed E-state index contributed by atoms with van der Waals surface area (Å²) < 4.78 is 0. The molecule has 2 N–H and O–H groups in total. The number of hydrogen-bond donors (Lipinski definition) is 1. The van der Waals surface area contributed by atoms with Gasteiger partial charge in [0.2, 0.25) is 0 Å². The molecule has 0 spiro atoms. The van der Waals surface area contributed by atoms with Crippen molar-refractivity contribution in [2.45, 2.75) is 51.5 Å². The van der Waals surface area contributed by atoms with E-state index in [1.54, 1.807) is 0 Å². The molecule has 0 aromatic carbocycles. The van der Waals surface area contributed by atoms with E-state index in [0.717, 1.165) is 18.8 Å². The highest BCUT2D eigenvalue weighted by atomic mass is 14.8. The average Bonchev–Trinajstić information content (AvgIpc) is 2.30. The molecule has 1 aliphatic rings. The molecule has 1 heterocycles. The fraction of sp³-hybridized carbons (Fsp3) is 0.643. The summed E-state index contributed by atoms with van der Waals surface area (Å²) in [4.78, 5) is 4.23. The van der Waals surface area contributed by atoms with E-state index in [1.165, 1.54) is 30.4 Å². The molecule has 1 saturated carbocycles. The Bertz CT molecular complexity index is 352. The van der Waals surface area contributed by atoms with Gasteiger partial charge < -0.3 is 5.73 Å². The quantitative estimate of drug-likeness (QED) is 0.828. The monoisotopic (exact) mass is 218 g/mol. The number of hydrogen-bond acceptors (Lipinski definition) is 2.